The van der Waals surface area contributed by atoms with Crippen molar-refractivity contribution in [2.24, 2.45) is 4.99 Å². The molecule has 6 nitrogen and oxygen atoms in total. The Bertz CT molecular complexity index is 1400. The van der Waals surface area contributed by atoms with Crippen LogP contribution in [0.4, 0.5) is 0 Å². The molecule has 3 aromatic rings. The summed E-state index contributed by atoms with van der Waals surface area (Å²) in [5.41, 5.74) is 2.16. The molecule has 1 aliphatic rings. The molecule has 8 heteroatoms. The van der Waals surface area contributed by atoms with E-state index in [9.17, 15) is 9.59 Å². The van der Waals surface area contributed by atoms with Gasteiger partial charge in [-0.15, -0.1) is 0 Å². The van der Waals surface area contributed by atoms with Gasteiger partial charge in [-0.2, -0.15) is 0 Å². The SMILES string of the molecule is CCOC(=O)C1=C(C)N=c2s/c(=C\c3ccc(Cl)cc3)c(=O)n2[C@H]1c1ccccc1OCC. The van der Waals surface area contributed by atoms with E-state index in [1.54, 1.807) is 36.6 Å². The predicted octanol–water partition coefficient (Wildman–Crippen LogP) is 3.85. The van der Waals surface area contributed by atoms with Crippen LogP contribution in [-0.4, -0.2) is 23.8 Å². The van der Waals surface area contributed by atoms with Crippen LogP contribution in [0.2, 0.25) is 5.02 Å². The fourth-order valence-electron chi connectivity index (χ4n) is 3.79. The van der Waals surface area contributed by atoms with E-state index in [1.165, 1.54) is 11.3 Å². The molecule has 0 spiro atoms. The number of hydrogen-bond acceptors (Lipinski definition) is 6. The van der Waals surface area contributed by atoms with E-state index in [0.29, 0.717) is 43.5 Å². The minimum atomic E-state index is -0.713. The van der Waals surface area contributed by atoms with Crippen LogP contribution in [0.15, 0.2) is 69.6 Å². The van der Waals surface area contributed by atoms with E-state index in [-0.39, 0.29) is 12.2 Å². The van der Waals surface area contributed by atoms with Gasteiger partial charge in [-0.1, -0.05) is 53.3 Å². The third kappa shape index (κ3) is 4.51. The molecule has 4 rings (SSSR count). The summed E-state index contributed by atoms with van der Waals surface area (Å²) in [4.78, 5) is 31.7. The number of carbonyl (C=O) groups excluding carboxylic acids is 1. The number of carbonyl (C=O) groups is 1. The zero-order valence-electron chi connectivity index (χ0n) is 18.5. The topological polar surface area (TPSA) is 69.9 Å². The Morgan fingerprint density at radius 2 is 1.88 bits per heavy atom. The summed E-state index contributed by atoms with van der Waals surface area (Å²) in [6.45, 7) is 6.07. The summed E-state index contributed by atoms with van der Waals surface area (Å²) in [6.07, 6.45) is 1.80. The molecule has 2 heterocycles. The Hall–Kier alpha value is -3.16. The van der Waals surface area contributed by atoms with Crippen molar-refractivity contribution >= 4 is 35.0 Å². The minimum Gasteiger partial charge on any atom is -0.494 e. The number of thiazole rings is 1. The molecule has 1 atom stereocenters. The number of rotatable bonds is 6. The van der Waals surface area contributed by atoms with Gasteiger partial charge in [0.25, 0.3) is 5.56 Å². The van der Waals surface area contributed by atoms with Crippen molar-refractivity contribution in [3.8, 4) is 5.75 Å². The number of ether oxygens (including phenoxy) is 2. The Labute approximate surface area is 200 Å². The summed E-state index contributed by atoms with van der Waals surface area (Å²) in [5, 5.41) is 0.621. The molecule has 0 bridgehead atoms. The molecule has 0 fully saturated rings. The maximum atomic E-state index is 13.6. The highest BCUT2D eigenvalue weighted by atomic mass is 35.5. The van der Waals surface area contributed by atoms with Crippen molar-refractivity contribution in [1.29, 1.82) is 0 Å². The molecule has 0 saturated carbocycles. The zero-order valence-corrected chi connectivity index (χ0v) is 20.1. The van der Waals surface area contributed by atoms with Crippen LogP contribution in [0.25, 0.3) is 6.08 Å². The van der Waals surface area contributed by atoms with Crippen molar-refractivity contribution in [2.45, 2.75) is 26.8 Å². The van der Waals surface area contributed by atoms with Gasteiger partial charge in [-0.25, -0.2) is 9.79 Å². The van der Waals surface area contributed by atoms with Crippen LogP contribution in [0.1, 0.15) is 37.9 Å². The molecular formula is C25H23ClN2O4S. The summed E-state index contributed by atoms with van der Waals surface area (Å²) in [7, 11) is 0. The molecule has 1 aliphatic heterocycles. The Kier molecular flexibility index (Phi) is 6.81. The highest BCUT2D eigenvalue weighted by molar-refractivity contribution is 7.07. The van der Waals surface area contributed by atoms with Gasteiger partial charge in [0.05, 0.1) is 29.0 Å². The Balaban J connectivity index is 1.98. The first-order valence-corrected chi connectivity index (χ1v) is 11.8. The van der Waals surface area contributed by atoms with Crippen molar-refractivity contribution < 1.29 is 14.3 Å². The predicted molar refractivity (Wildman–Crippen MR) is 129 cm³/mol. The molecule has 0 unspecified atom stereocenters. The zero-order chi connectivity index (χ0) is 23.5. The molecule has 0 amide bonds. The van der Waals surface area contributed by atoms with Gasteiger partial charge in [0, 0.05) is 10.6 Å². The van der Waals surface area contributed by atoms with Crippen LogP contribution in [0.5, 0.6) is 5.75 Å². The van der Waals surface area contributed by atoms with Crippen molar-refractivity contribution in [1.82, 2.24) is 4.57 Å². The smallest absolute Gasteiger partial charge is 0.338 e. The van der Waals surface area contributed by atoms with Gasteiger partial charge in [0.1, 0.15) is 11.8 Å². The van der Waals surface area contributed by atoms with Crippen LogP contribution in [-0.2, 0) is 9.53 Å². The number of allylic oxidation sites excluding steroid dienone is 1. The first kappa shape index (κ1) is 23.0. The van der Waals surface area contributed by atoms with E-state index < -0.39 is 12.0 Å². The average Bonchev–Trinajstić information content (AvgIpc) is 3.10. The Morgan fingerprint density at radius 1 is 1.15 bits per heavy atom. The number of esters is 1. The van der Waals surface area contributed by atoms with Gasteiger partial charge < -0.3 is 9.47 Å². The van der Waals surface area contributed by atoms with E-state index in [2.05, 4.69) is 4.99 Å². The van der Waals surface area contributed by atoms with Gasteiger partial charge in [0.15, 0.2) is 4.80 Å². The molecule has 2 aromatic carbocycles. The minimum absolute atomic E-state index is 0.219. The fraction of sp³-hybridized carbons (Fsp3) is 0.240. The molecule has 170 valence electrons. The largest absolute Gasteiger partial charge is 0.494 e. The quantitative estimate of drug-likeness (QED) is 0.500. The maximum Gasteiger partial charge on any atom is 0.338 e. The average molecular weight is 483 g/mol. The lowest BCUT2D eigenvalue weighted by Crippen LogP contribution is -2.40. The molecule has 0 radical (unpaired) electrons. The normalized spacial score (nSPS) is 15.8. The summed E-state index contributed by atoms with van der Waals surface area (Å²) < 4.78 is 13.3. The van der Waals surface area contributed by atoms with Gasteiger partial charge in [-0.05, 0) is 50.6 Å². The summed E-state index contributed by atoms with van der Waals surface area (Å²) in [5.74, 6) is 0.107. The van der Waals surface area contributed by atoms with Crippen molar-refractivity contribution in [3.05, 3.63) is 95.6 Å². The van der Waals surface area contributed by atoms with Crippen LogP contribution in [0.3, 0.4) is 0 Å². The Morgan fingerprint density at radius 3 is 2.58 bits per heavy atom. The first-order valence-electron chi connectivity index (χ1n) is 10.6. The van der Waals surface area contributed by atoms with E-state index in [4.69, 9.17) is 21.1 Å². The first-order chi connectivity index (χ1) is 15.9. The third-order valence-corrected chi connectivity index (χ3v) is 6.43. The van der Waals surface area contributed by atoms with E-state index in [1.807, 2.05) is 43.3 Å². The third-order valence-electron chi connectivity index (χ3n) is 5.20. The van der Waals surface area contributed by atoms with Crippen LogP contribution < -0.4 is 19.6 Å². The maximum absolute atomic E-state index is 13.6. The molecule has 0 N–H and O–H groups in total. The fourth-order valence-corrected chi connectivity index (χ4v) is 4.96. The standard InChI is InChI=1S/C25H23ClN2O4S/c1-4-31-19-9-7-6-8-18(19)22-21(24(30)32-5-2)15(3)27-25-28(22)23(29)20(33-25)14-16-10-12-17(26)13-11-16/h6-14,22H,4-5H2,1-3H3/b20-14-/t22-/m0/s1. The lowest BCUT2D eigenvalue weighted by atomic mass is 9.95. The molecule has 0 saturated heterocycles. The number of halogens is 1. The van der Waals surface area contributed by atoms with Crippen LogP contribution >= 0.6 is 22.9 Å². The summed E-state index contributed by atoms with van der Waals surface area (Å²) >= 11 is 7.27. The van der Waals surface area contributed by atoms with Gasteiger partial charge >= 0.3 is 5.97 Å². The lowest BCUT2D eigenvalue weighted by Gasteiger charge is -2.26. The highest BCUT2D eigenvalue weighted by Crippen LogP contribution is 2.35. The number of aromatic nitrogens is 1. The van der Waals surface area contributed by atoms with Crippen LogP contribution in [0, 0.1) is 0 Å². The van der Waals surface area contributed by atoms with E-state index >= 15 is 0 Å². The molecular weight excluding hydrogens is 460 g/mol. The number of benzene rings is 2. The second-order valence-corrected chi connectivity index (χ2v) is 8.77. The number of para-hydroxylation sites is 1. The summed E-state index contributed by atoms with van der Waals surface area (Å²) in [6, 6.07) is 13.9. The lowest BCUT2D eigenvalue weighted by molar-refractivity contribution is -0.139. The monoisotopic (exact) mass is 482 g/mol. The molecule has 33 heavy (non-hydrogen) atoms. The number of hydrogen-bond donors (Lipinski definition) is 0. The molecule has 0 aliphatic carbocycles. The van der Waals surface area contributed by atoms with Gasteiger partial charge in [-0.3, -0.25) is 9.36 Å². The van der Waals surface area contributed by atoms with E-state index in [0.717, 1.165) is 5.56 Å². The highest BCUT2D eigenvalue weighted by Gasteiger charge is 2.34. The second-order valence-electron chi connectivity index (χ2n) is 7.32. The second kappa shape index (κ2) is 9.77. The van der Waals surface area contributed by atoms with Crippen molar-refractivity contribution in [3.63, 3.8) is 0 Å². The molecule has 1 aromatic heterocycles. The van der Waals surface area contributed by atoms with Gasteiger partial charge in [0.2, 0.25) is 0 Å². The number of fused-ring (bicyclic) bond motifs is 1. The number of nitrogens with zero attached hydrogens (tertiary/aromatic N) is 2. The van der Waals surface area contributed by atoms with Crippen molar-refractivity contribution in [2.75, 3.05) is 13.2 Å².